The summed E-state index contributed by atoms with van der Waals surface area (Å²) >= 11 is 0. The van der Waals surface area contributed by atoms with Gasteiger partial charge in [0.15, 0.2) is 0 Å². The number of nitrogens with one attached hydrogen (secondary N) is 1. The van der Waals surface area contributed by atoms with Gasteiger partial charge in [-0.1, -0.05) is 13.0 Å². The smallest absolute Gasteiger partial charge is 0.0338 e. The van der Waals surface area contributed by atoms with Crippen molar-refractivity contribution >= 4 is 0 Å². The highest BCUT2D eigenvalue weighted by Crippen LogP contribution is 2.45. The SMILES string of the molecule is CCC1(C)CN(Cc2cncc(C)c2)C(C)(C2CC2)CN1. The lowest BCUT2D eigenvalue weighted by molar-refractivity contribution is -0.00141. The minimum atomic E-state index is 0.242. The Morgan fingerprint density at radius 1 is 1.33 bits per heavy atom. The van der Waals surface area contributed by atoms with Crippen LogP contribution in [0.4, 0.5) is 0 Å². The van der Waals surface area contributed by atoms with E-state index >= 15 is 0 Å². The fraction of sp³-hybridized carbons (Fsp3) is 0.722. The fourth-order valence-corrected chi connectivity index (χ4v) is 3.67. The summed E-state index contributed by atoms with van der Waals surface area (Å²) in [7, 11) is 0. The van der Waals surface area contributed by atoms with E-state index in [0.29, 0.717) is 5.54 Å². The van der Waals surface area contributed by atoms with Gasteiger partial charge in [-0.2, -0.15) is 0 Å². The van der Waals surface area contributed by atoms with Crippen LogP contribution in [0.3, 0.4) is 0 Å². The third-order valence-corrected chi connectivity index (χ3v) is 5.68. The maximum atomic E-state index is 4.37. The quantitative estimate of drug-likeness (QED) is 0.922. The van der Waals surface area contributed by atoms with Crippen LogP contribution in [0.2, 0.25) is 0 Å². The van der Waals surface area contributed by atoms with E-state index in [1.807, 2.05) is 12.4 Å². The molecule has 3 nitrogen and oxygen atoms in total. The molecule has 3 rings (SSSR count). The van der Waals surface area contributed by atoms with Crippen LogP contribution in [-0.4, -0.2) is 34.1 Å². The summed E-state index contributed by atoms with van der Waals surface area (Å²) in [5.41, 5.74) is 3.15. The predicted octanol–water partition coefficient (Wildman–Crippen LogP) is 3.13. The molecule has 0 amide bonds. The first kappa shape index (κ1) is 15.0. The number of hydrogen-bond acceptors (Lipinski definition) is 3. The van der Waals surface area contributed by atoms with Gasteiger partial charge in [-0.3, -0.25) is 9.88 Å². The standard InChI is InChI=1S/C18H29N3/c1-5-17(3)13-21(11-15-8-14(2)9-19-10-15)18(4,12-20-17)16-6-7-16/h8-10,16,20H,5-7,11-13H2,1-4H3. The Morgan fingerprint density at radius 2 is 2.10 bits per heavy atom. The highest BCUT2D eigenvalue weighted by Gasteiger charge is 2.50. The van der Waals surface area contributed by atoms with Crippen molar-refractivity contribution in [3.8, 4) is 0 Å². The number of rotatable bonds is 4. The first-order chi connectivity index (χ1) is 9.95. The van der Waals surface area contributed by atoms with Crippen molar-refractivity contribution in [2.45, 2.75) is 64.6 Å². The van der Waals surface area contributed by atoms with E-state index in [1.165, 1.54) is 30.4 Å². The van der Waals surface area contributed by atoms with Crippen LogP contribution in [-0.2, 0) is 6.54 Å². The van der Waals surface area contributed by atoms with Crippen LogP contribution in [0.5, 0.6) is 0 Å². The molecule has 2 heterocycles. The highest BCUT2D eigenvalue weighted by molar-refractivity contribution is 5.18. The molecule has 0 aromatic carbocycles. The zero-order chi connectivity index (χ0) is 15.1. The van der Waals surface area contributed by atoms with Crippen molar-refractivity contribution in [2.24, 2.45) is 5.92 Å². The molecule has 0 spiro atoms. The Kier molecular flexibility index (Phi) is 3.83. The summed E-state index contributed by atoms with van der Waals surface area (Å²) in [6, 6.07) is 2.28. The van der Waals surface area contributed by atoms with Crippen molar-refractivity contribution in [3.05, 3.63) is 29.6 Å². The summed E-state index contributed by atoms with van der Waals surface area (Å²) < 4.78 is 0. The second-order valence-corrected chi connectivity index (χ2v) is 7.63. The van der Waals surface area contributed by atoms with Crippen LogP contribution in [0.25, 0.3) is 0 Å². The summed E-state index contributed by atoms with van der Waals surface area (Å²) in [5.74, 6) is 0.865. The molecule has 1 aliphatic carbocycles. The Balaban J connectivity index is 1.83. The maximum absolute atomic E-state index is 4.37. The zero-order valence-corrected chi connectivity index (χ0v) is 13.9. The predicted molar refractivity (Wildman–Crippen MR) is 87.2 cm³/mol. The van der Waals surface area contributed by atoms with Crippen molar-refractivity contribution in [1.29, 1.82) is 0 Å². The molecule has 0 bridgehead atoms. The first-order valence-electron chi connectivity index (χ1n) is 8.36. The molecule has 1 saturated heterocycles. The highest BCUT2D eigenvalue weighted by atomic mass is 15.3. The van der Waals surface area contributed by atoms with Crippen LogP contribution < -0.4 is 5.32 Å². The van der Waals surface area contributed by atoms with E-state index in [4.69, 9.17) is 0 Å². The molecule has 0 radical (unpaired) electrons. The van der Waals surface area contributed by atoms with Gasteiger partial charge in [-0.25, -0.2) is 0 Å². The average Bonchev–Trinajstić information content (AvgIpc) is 3.28. The minimum absolute atomic E-state index is 0.242. The summed E-state index contributed by atoms with van der Waals surface area (Å²) in [5, 5.41) is 3.83. The Bertz CT molecular complexity index is 511. The molecule has 2 fully saturated rings. The minimum Gasteiger partial charge on any atom is -0.308 e. The van der Waals surface area contributed by atoms with E-state index in [9.17, 15) is 0 Å². The molecule has 1 aromatic heterocycles. The van der Waals surface area contributed by atoms with Gasteiger partial charge in [-0.05, 0) is 57.1 Å². The third kappa shape index (κ3) is 3.00. The molecule has 21 heavy (non-hydrogen) atoms. The summed E-state index contributed by atoms with van der Waals surface area (Å²) in [4.78, 5) is 7.10. The Morgan fingerprint density at radius 3 is 2.71 bits per heavy atom. The largest absolute Gasteiger partial charge is 0.308 e. The zero-order valence-electron chi connectivity index (χ0n) is 13.9. The number of piperazine rings is 1. The van der Waals surface area contributed by atoms with Gasteiger partial charge in [0, 0.05) is 43.1 Å². The molecular formula is C18H29N3. The lowest BCUT2D eigenvalue weighted by Crippen LogP contribution is -2.68. The number of aryl methyl sites for hydroxylation is 1. The molecule has 1 saturated carbocycles. The van der Waals surface area contributed by atoms with Crippen molar-refractivity contribution < 1.29 is 0 Å². The second kappa shape index (κ2) is 5.36. The van der Waals surface area contributed by atoms with E-state index < -0.39 is 0 Å². The summed E-state index contributed by atoms with van der Waals surface area (Å²) in [6.45, 7) is 12.5. The van der Waals surface area contributed by atoms with E-state index in [0.717, 1.165) is 25.6 Å². The number of pyridine rings is 1. The van der Waals surface area contributed by atoms with Gasteiger partial charge >= 0.3 is 0 Å². The van der Waals surface area contributed by atoms with Gasteiger partial charge in [-0.15, -0.1) is 0 Å². The van der Waals surface area contributed by atoms with E-state index in [-0.39, 0.29) is 5.54 Å². The molecule has 2 aliphatic rings. The van der Waals surface area contributed by atoms with Crippen LogP contribution in [0, 0.1) is 12.8 Å². The fourth-order valence-electron chi connectivity index (χ4n) is 3.67. The van der Waals surface area contributed by atoms with Gasteiger partial charge in [0.05, 0.1) is 0 Å². The lowest BCUT2D eigenvalue weighted by atomic mass is 9.84. The molecular weight excluding hydrogens is 258 g/mol. The van der Waals surface area contributed by atoms with Crippen molar-refractivity contribution in [3.63, 3.8) is 0 Å². The monoisotopic (exact) mass is 287 g/mol. The molecule has 116 valence electrons. The molecule has 3 heteroatoms. The van der Waals surface area contributed by atoms with Crippen LogP contribution >= 0.6 is 0 Å². The Labute approximate surface area is 129 Å². The number of nitrogens with zero attached hydrogens (tertiary/aromatic N) is 2. The molecule has 2 atom stereocenters. The molecule has 1 aromatic rings. The molecule has 2 unspecified atom stereocenters. The molecule has 1 N–H and O–H groups in total. The van der Waals surface area contributed by atoms with Gasteiger partial charge in [0.1, 0.15) is 0 Å². The molecule has 1 aliphatic heterocycles. The van der Waals surface area contributed by atoms with Crippen LogP contribution in [0.1, 0.15) is 51.2 Å². The Hall–Kier alpha value is -0.930. The van der Waals surface area contributed by atoms with Crippen molar-refractivity contribution in [2.75, 3.05) is 13.1 Å². The maximum Gasteiger partial charge on any atom is 0.0338 e. The third-order valence-electron chi connectivity index (χ3n) is 5.68. The first-order valence-corrected chi connectivity index (χ1v) is 8.36. The van der Waals surface area contributed by atoms with Gasteiger partial charge in [0.25, 0.3) is 0 Å². The van der Waals surface area contributed by atoms with Crippen LogP contribution in [0.15, 0.2) is 18.5 Å². The van der Waals surface area contributed by atoms with Gasteiger partial charge in [0.2, 0.25) is 0 Å². The summed E-state index contributed by atoms with van der Waals surface area (Å²) in [6.07, 6.45) is 7.94. The average molecular weight is 287 g/mol. The topological polar surface area (TPSA) is 28.2 Å². The number of hydrogen-bond donors (Lipinski definition) is 1. The van der Waals surface area contributed by atoms with Crippen molar-refractivity contribution in [1.82, 2.24) is 15.2 Å². The normalized spacial score (nSPS) is 34.1. The number of aromatic nitrogens is 1. The van der Waals surface area contributed by atoms with E-state index in [2.05, 4.69) is 49.0 Å². The van der Waals surface area contributed by atoms with E-state index in [1.54, 1.807) is 0 Å². The second-order valence-electron chi connectivity index (χ2n) is 7.63. The van der Waals surface area contributed by atoms with Gasteiger partial charge < -0.3 is 5.32 Å². The lowest BCUT2D eigenvalue weighted by Gasteiger charge is -2.52.